The van der Waals surface area contributed by atoms with E-state index < -0.39 is 0 Å². The van der Waals surface area contributed by atoms with Gasteiger partial charge < -0.3 is 28.4 Å². The van der Waals surface area contributed by atoms with Gasteiger partial charge in [0.15, 0.2) is 0 Å². The van der Waals surface area contributed by atoms with Crippen LogP contribution in [0.2, 0.25) is 0 Å². The third-order valence-corrected chi connectivity index (χ3v) is 26.0. The van der Waals surface area contributed by atoms with Gasteiger partial charge in [0.25, 0.3) is 0 Å². The van der Waals surface area contributed by atoms with E-state index in [-0.39, 0.29) is 0 Å². The number of ether oxygens (including phenoxy) is 6. The number of hydrogen-bond acceptors (Lipinski definition) is 6. The molecule has 132 heavy (non-hydrogen) atoms. The molecule has 0 saturated carbocycles. The minimum atomic E-state index is 0.846. The molecular formula is C126H92O6. The highest BCUT2D eigenvalue weighted by Crippen LogP contribution is 2.52. The van der Waals surface area contributed by atoms with E-state index in [1.807, 2.05) is 72.8 Å². The van der Waals surface area contributed by atoms with Gasteiger partial charge in [0, 0.05) is 0 Å². The minimum Gasteiger partial charge on any atom is -0.497 e. The predicted octanol–water partition coefficient (Wildman–Crippen LogP) is 33.8. The van der Waals surface area contributed by atoms with Gasteiger partial charge in [-0.2, -0.15) is 0 Å². The number of benzene rings is 23. The first-order chi connectivity index (χ1) is 65.1. The first-order valence-corrected chi connectivity index (χ1v) is 44.6. The van der Waals surface area contributed by atoms with E-state index in [4.69, 9.17) is 28.4 Å². The van der Waals surface area contributed by atoms with Crippen molar-refractivity contribution >= 4 is 97.0 Å². The van der Waals surface area contributed by atoms with E-state index in [0.717, 1.165) is 56.8 Å². The average molecular weight is 1700 g/mol. The Balaban J connectivity index is 0.000000120. The van der Waals surface area contributed by atoms with Crippen molar-refractivity contribution in [2.75, 3.05) is 42.7 Å². The Kier molecular flexibility index (Phi) is 22.5. The molecule has 0 radical (unpaired) electrons. The van der Waals surface area contributed by atoms with Gasteiger partial charge in [-0.25, -0.2) is 0 Å². The van der Waals surface area contributed by atoms with Crippen LogP contribution in [-0.4, -0.2) is 42.7 Å². The zero-order valence-corrected chi connectivity index (χ0v) is 74.2. The first-order valence-electron chi connectivity index (χ1n) is 44.6. The van der Waals surface area contributed by atoms with Gasteiger partial charge in [0.05, 0.1) is 42.7 Å². The van der Waals surface area contributed by atoms with Crippen LogP contribution in [0.15, 0.2) is 449 Å². The molecular weight excluding hydrogens is 1610 g/mol. The molecule has 6 nitrogen and oxygen atoms in total. The molecule has 0 aliphatic rings. The van der Waals surface area contributed by atoms with Gasteiger partial charge in [0.1, 0.15) is 34.5 Å². The van der Waals surface area contributed by atoms with Crippen molar-refractivity contribution in [3.8, 4) is 157 Å². The lowest BCUT2D eigenvalue weighted by Gasteiger charge is -2.20. The van der Waals surface area contributed by atoms with Gasteiger partial charge in [-0.3, -0.25) is 0 Å². The van der Waals surface area contributed by atoms with Crippen molar-refractivity contribution in [2.24, 2.45) is 0 Å². The second-order valence-corrected chi connectivity index (χ2v) is 33.4. The van der Waals surface area contributed by atoms with E-state index in [0.29, 0.717) is 0 Å². The SMILES string of the molecule is COc1ccc(-c2c3ccc(-c4ccccc4)cc3c(-c3ccc(OC)cc3)c3ccc(-c4ccccc4)cc23)cc1.COc1ccc(-c2c3ccccc3c(-c3ccc(OC)cc3)c3cc(-c4ccc5ccccc5c4)ccc23)cc1.COc1ccc(-c2ccc3c(-c4ccc5ccccc5c4)c4cc(-c5ccc(OC)cc5)ccc4c(-c4ccc5ccccc5c4)c3c2)cc1. The number of hydrogen-bond donors (Lipinski definition) is 0. The largest absolute Gasteiger partial charge is 0.497 e. The van der Waals surface area contributed by atoms with E-state index >= 15 is 0 Å². The normalized spacial score (nSPS) is 11.3. The molecule has 632 valence electrons. The Labute approximate surface area is 768 Å². The predicted molar refractivity (Wildman–Crippen MR) is 556 cm³/mol. The fraction of sp³-hybridized carbons (Fsp3) is 0.0476. The summed E-state index contributed by atoms with van der Waals surface area (Å²) in [5, 5.41) is 22.1. The van der Waals surface area contributed by atoms with Crippen molar-refractivity contribution in [2.45, 2.75) is 0 Å². The van der Waals surface area contributed by atoms with Gasteiger partial charge in [-0.05, 0) is 341 Å². The lowest BCUT2D eigenvalue weighted by Crippen LogP contribution is -1.93. The summed E-state index contributed by atoms with van der Waals surface area (Å²) in [5.74, 6) is 5.10. The average Bonchev–Trinajstić information content (AvgIpc) is 0.730. The summed E-state index contributed by atoms with van der Waals surface area (Å²) in [4.78, 5) is 0. The standard InChI is InChI=1S/C48H34O2.C40H30O2.C38H28O2/c1-49-41-21-15-33(16-22-41)37-19-25-43-45(29-37)47(39-13-11-31-7-3-5-9-35(31)27-39)44-26-20-38(34-17-23-42(50-2)24-18-34)30-46(44)48(43)40-14-12-32-8-4-6-10-36(32)28-40;1-41-33-19-13-29(14-20-33)39-35-23-17-32(28-11-7-4-8-12-28)26-38(35)40(30-15-21-34(42-2)22-16-30)36-24-18-31(25-37(36)39)27-9-5-3-6-10-27;1-39-31-18-13-26(14-19-31)37-33-9-5-6-10-34(33)38(27-15-20-32(40-2)21-16-27)36-24-30(17-22-35(36)37)29-12-11-25-7-3-4-8-28(25)23-29/h3-30H,1-2H3;3-26H,1-2H3;3-24H,1-2H3. The van der Waals surface area contributed by atoms with Crippen LogP contribution in [0.5, 0.6) is 34.5 Å². The zero-order chi connectivity index (χ0) is 89.1. The molecule has 0 saturated heterocycles. The monoisotopic (exact) mass is 1700 g/mol. The Bertz CT molecular complexity index is 7920. The van der Waals surface area contributed by atoms with Crippen LogP contribution < -0.4 is 28.4 Å². The number of methoxy groups -OCH3 is 6. The summed E-state index contributed by atoms with van der Waals surface area (Å²) in [7, 11) is 10.2. The topological polar surface area (TPSA) is 55.4 Å². The van der Waals surface area contributed by atoms with Crippen molar-refractivity contribution in [3.63, 3.8) is 0 Å². The maximum atomic E-state index is 5.51. The molecule has 0 bridgehead atoms. The Hall–Kier alpha value is -16.8. The third kappa shape index (κ3) is 15.9. The molecule has 0 heterocycles. The molecule has 0 amide bonds. The van der Waals surface area contributed by atoms with Gasteiger partial charge in [-0.15, -0.1) is 0 Å². The highest BCUT2D eigenvalue weighted by atomic mass is 16.5. The third-order valence-electron chi connectivity index (χ3n) is 26.0. The Morgan fingerprint density at radius 1 is 0.106 bits per heavy atom. The van der Waals surface area contributed by atoms with Gasteiger partial charge in [-0.1, -0.05) is 328 Å². The van der Waals surface area contributed by atoms with E-state index in [2.05, 4.69) is 376 Å². The summed E-state index contributed by atoms with van der Waals surface area (Å²) >= 11 is 0. The van der Waals surface area contributed by atoms with E-state index in [1.54, 1.807) is 42.7 Å². The minimum absolute atomic E-state index is 0.846. The first kappa shape index (κ1) is 82.2. The molecule has 6 heteroatoms. The summed E-state index contributed by atoms with van der Waals surface area (Å²) in [6, 6.07) is 161. The Morgan fingerprint density at radius 2 is 0.273 bits per heavy atom. The maximum Gasteiger partial charge on any atom is 0.118 e. The summed E-state index contributed by atoms with van der Waals surface area (Å²) in [6.07, 6.45) is 0. The van der Waals surface area contributed by atoms with E-state index in [1.165, 1.54) is 197 Å². The summed E-state index contributed by atoms with van der Waals surface area (Å²) < 4.78 is 32.9. The van der Waals surface area contributed by atoms with Crippen LogP contribution in [0.25, 0.3) is 219 Å². The van der Waals surface area contributed by atoms with Crippen LogP contribution in [-0.2, 0) is 0 Å². The van der Waals surface area contributed by atoms with Crippen molar-refractivity contribution in [1.82, 2.24) is 0 Å². The summed E-state index contributed by atoms with van der Waals surface area (Å²) in [5.41, 5.74) is 26.3. The van der Waals surface area contributed by atoms with Crippen molar-refractivity contribution in [1.29, 1.82) is 0 Å². The maximum absolute atomic E-state index is 5.51. The second-order valence-electron chi connectivity index (χ2n) is 33.4. The molecule has 0 unspecified atom stereocenters. The molecule has 23 aromatic carbocycles. The fourth-order valence-electron chi connectivity index (χ4n) is 19.3. The van der Waals surface area contributed by atoms with Crippen LogP contribution in [0.4, 0.5) is 0 Å². The van der Waals surface area contributed by atoms with Gasteiger partial charge in [0.2, 0.25) is 0 Å². The molecule has 23 aromatic rings. The fourth-order valence-corrected chi connectivity index (χ4v) is 19.3. The van der Waals surface area contributed by atoms with Crippen LogP contribution >= 0.6 is 0 Å². The molecule has 0 atom stereocenters. The second kappa shape index (κ2) is 36.1. The van der Waals surface area contributed by atoms with Crippen LogP contribution in [0, 0.1) is 0 Å². The molecule has 0 aliphatic heterocycles. The van der Waals surface area contributed by atoms with Crippen LogP contribution in [0.3, 0.4) is 0 Å². The molecule has 0 aliphatic carbocycles. The molecule has 0 aromatic heterocycles. The van der Waals surface area contributed by atoms with Crippen molar-refractivity contribution in [3.05, 3.63) is 449 Å². The Morgan fingerprint density at radius 3 is 0.538 bits per heavy atom. The summed E-state index contributed by atoms with van der Waals surface area (Å²) in [6.45, 7) is 0. The lowest BCUT2D eigenvalue weighted by molar-refractivity contribution is 0.415. The lowest BCUT2D eigenvalue weighted by atomic mass is 9.83. The zero-order valence-electron chi connectivity index (χ0n) is 74.2. The molecule has 23 rings (SSSR count). The van der Waals surface area contributed by atoms with Gasteiger partial charge >= 0.3 is 0 Å². The van der Waals surface area contributed by atoms with E-state index in [9.17, 15) is 0 Å². The molecule has 0 N–H and O–H groups in total. The molecule has 0 spiro atoms. The highest BCUT2D eigenvalue weighted by molar-refractivity contribution is 6.26. The quantitative estimate of drug-likeness (QED) is 0.0847. The smallest absolute Gasteiger partial charge is 0.118 e. The van der Waals surface area contributed by atoms with Crippen LogP contribution in [0.1, 0.15) is 0 Å². The van der Waals surface area contributed by atoms with Crippen molar-refractivity contribution < 1.29 is 28.4 Å². The number of fused-ring (bicyclic) bond motifs is 9. The molecule has 0 fully saturated rings. The highest BCUT2D eigenvalue weighted by Gasteiger charge is 2.24. The number of rotatable bonds is 17.